The summed E-state index contributed by atoms with van der Waals surface area (Å²) in [6.07, 6.45) is -0.0538. The van der Waals surface area contributed by atoms with Crippen molar-refractivity contribution >= 4 is 28.9 Å². The molecule has 2 rings (SSSR count). The molecule has 0 heterocycles. The van der Waals surface area contributed by atoms with Gasteiger partial charge in [-0.05, 0) is 17.7 Å². The van der Waals surface area contributed by atoms with Crippen molar-refractivity contribution in [2.24, 2.45) is 0 Å². The third-order valence-electron chi connectivity index (χ3n) is 2.74. The Kier molecular flexibility index (Phi) is 4.49. The van der Waals surface area contributed by atoms with Gasteiger partial charge in [0.1, 0.15) is 5.82 Å². The third kappa shape index (κ3) is 3.76. The summed E-state index contributed by atoms with van der Waals surface area (Å²) in [5.74, 6) is -1.25. The fraction of sp³-hybridized carbons (Fsp3) is 0.0714. The van der Waals surface area contributed by atoms with E-state index in [4.69, 9.17) is 11.6 Å². The number of nitro groups is 1. The Morgan fingerprint density at radius 1 is 1.29 bits per heavy atom. The minimum absolute atomic E-state index is 0.0538. The predicted octanol–water partition coefficient (Wildman–Crippen LogP) is 3.57. The first-order chi connectivity index (χ1) is 9.97. The quantitative estimate of drug-likeness (QED) is 0.693. The molecule has 108 valence electrons. The van der Waals surface area contributed by atoms with Crippen LogP contribution in [0.15, 0.2) is 42.5 Å². The summed E-state index contributed by atoms with van der Waals surface area (Å²) < 4.78 is 13.5. The van der Waals surface area contributed by atoms with Crippen LogP contribution in [-0.4, -0.2) is 10.8 Å². The van der Waals surface area contributed by atoms with E-state index >= 15 is 0 Å². The number of halogens is 2. The first-order valence-corrected chi connectivity index (χ1v) is 6.32. The van der Waals surface area contributed by atoms with Crippen LogP contribution in [-0.2, 0) is 11.2 Å². The maximum Gasteiger partial charge on any atom is 0.271 e. The van der Waals surface area contributed by atoms with E-state index in [0.29, 0.717) is 10.6 Å². The Morgan fingerprint density at radius 3 is 2.67 bits per heavy atom. The molecular formula is C14H10ClFN2O3. The lowest BCUT2D eigenvalue weighted by Crippen LogP contribution is -2.15. The van der Waals surface area contributed by atoms with Crippen LogP contribution in [0.25, 0.3) is 0 Å². The van der Waals surface area contributed by atoms with Gasteiger partial charge in [0.15, 0.2) is 0 Å². The van der Waals surface area contributed by atoms with Crippen LogP contribution in [0.3, 0.4) is 0 Å². The number of nitrogens with one attached hydrogen (secondary N) is 1. The van der Waals surface area contributed by atoms with E-state index in [1.165, 1.54) is 0 Å². The molecular weight excluding hydrogens is 299 g/mol. The maximum atomic E-state index is 13.5. The van der Waals surface area contributed by atoms with Crippen molar-refractivity contribution in [3.05, 3.63) is 69.0 Å². The summed E-state index contributed by atoms with van der Waals surface area (Å²) in [4.78, 5) is 21.8. The number of nitrogens with zero attached hydrogens (tertiary/aromatic N) is 1. The Morgan fingerprint density at radius 2 is 2.00 bits per heavy atom. The van der Waals surface area contributed by atoms with Gasteiger partial charge in [0, 0.05) is 17.2 Å². The van der Waals surface area contributed by atoms with Crippen molar-refractivity contribution in [1.82, 2.24) is 0 Å². The molecule has 1 amide bonds. The van der Waals surface area contributed by atoms with Crippen molar-refractivity contribution in [3.8, 4) is 0 Å². The number of nitro benzene ring substituents is 1. The van der Waals surface area contributed by atoms with Crippen molar-refractivity contribution in [3.63, 3.8) is 0 Å². The number of carbonyl (C=O) groups excluding carboxylic acids is 1. The van der Waals surface area contributed by atoms with E-state index in [2.05, 4.69) is 5.32 Å². The molecule has 0 saturated carbocycles. The van der Waals surface area contributed by atoms with Crippen LogP contribution in [0.1, 0.15) is 5.56 Å². The van der Waals surface area contributed by atoms with E-state index in [9.17, 15) is 19.3 Å². The number of carbonyl (C=O) groups is 1. The molecule has 0 aliphatic rings. The summed E-state index contributed by atoms with van der Waals surface area (Å²) in [7, 11) is 0. The highest BCUT2D eigenvalue weighted by Crippen LogP contribution is 2.22. The molecule has 0 unspecified atom stereocenters. The molecule has 0 fully saturated rings. The maximum absolute atomic E-state index is 13.5. The topological polar surface area (TPSA) is 72.2 Å². The zero-order valence-electron chi connectivity index (χ0n) is 10.7. The first-order valence-electron chi connectivity index (χ1n) is 5.94. The van der Waals surface area contributed by atoms with Gasteiger partial charge in [-0.1, -0.05) is 29.8 Å². The molecule has 7 heteroatoms. The minimum atomic E-state index is -0.742. The van der Waals surface area contributed by atoms with E-state index in [0.717, 1.165) is 18.2 Å². The molecule has 5 nitrogen and oxygen atoms in total. The fourth-order valence-corrected chi connectivity index (χ4v) is 1.93. The van der Waals surface area contributed by atoms with E-state index in [1.807, 2.05) is 0 Å². The van der Waals surface area contributed by atoms with E-state index in [1.54, 1.807) is 24.3 Å². The fourth-order valence-electron chi connectivity index (χ4n) is 1.73. The van der Waals surface area contributed by atoms with Crippen LogP contribution in [0, 0.1) is 15.9 Å². The molecule has 2 aromatic rings. The monoisotopic (exact) mass is 308 g/mol. The highest BCUT2D eigenvalue weighted by molar-refractivity contribution is 6.31. The number of rotatable bonds is 4. The van der Waals surface area contributed by atoms with Crippen LogP contribution >= 0.6 is 11.6 Å². The average molecular weight is 309 g/mol. The van der Waals surface area contributed by atoms with Crippen LogP contribution in [0.4, 0.5) is 15.8 Å². The third-order valence-corrected chi connectivity index (χ3v) is 3.11. The smallest absolute Gasteiger partial charge is 0.271 e. The van der Waals surface area contributed by atoms with Crippen LogP contribution < -0.4 is 5.32 Å². The van der Waals surface area contributed by atoms with Gasteiger partial charge in [-0.2, -0.15) is 0 Å². The second kappa shape index (κ2) is 6.32. The number of amides is 1. The van der Waals surface area contributed by atoms with Crippen molar-refractivity contribution in [2.75, 3.05) is 5.32 Å². The molecule has 0 saturated heterocycles. The summed E-state index contributed by atoms with van der Waals surface area (Å²) in [6.45, 7) is 0. The van der Waals surface area contributed by atoms with Gasteiger partial charge in [-0.3, -0.25) is 14.9 Å². The van der Waals surface area contributed by atoms with Gasteiger partial charge in [0.25, 0.3) is 5.69 Å². The summed E-state index contributed by atoms with van der Waals surface area (Å²) >= 11 is 5.93. The van der Waals surface area contributed by atoms with Gasteiger partial charge in [-0.15, -0.1) is 0 Å². The van der Waals surface area contributed by atoms with Gasteiger partial charge in [0.05, 0.1) is 17.0 Å². The van der Waals surface area contributed by atoms with E-state index in [-0.39, 0.29) is 17.8 Å². The van der Waals surface area contributed by atoms with E-state index < -0.39 is 16.6 Å². The van der Waals surface area contributed by atoms with Gasteiger partial charge in [-0.25, -0.2) is 4.39 Å². The number of hydrogen-bond donors (Lipinski definition) is 1. The molecule has 21 heavy (non-hydrogen) atoms. The average Bonchev–Trinajstić information content (AvgIpc) is 2.43. The molecule has 0 aromatic heterocycles. The Hall–Kier alpha value is -2.47. The Labute approximate surface area is 124 Å². The molecule has 0 bridgehead atoms. The van der Waals surface area contributed by atoms with Gasteiger partial charge >= 0.3 is 0 Å². The molecule has 0 spiro atoms. The van der Waals surface area contributed by atoms with Crippen molar-refractivity contribution in [1.29, 1.82) is 0 Å². The predicted molar refractivity (Wildman–Crippen MR) is 76.8 cm³/mol. The molecule has 1 N–H and O–H groups in total. The number of benzene rings is 2. The highest BCUT2D eigenvalue weighted by atomic mass is 35.5. The van der Waals surface area contributed by atoms with Gasteiger partial charge < -0.3 is 5.32 Å². The minimum Gasteiger partial charge on any atom is -0.323 e. The lowest BCUT2D eigenvalue weighted by Gasteiger charge is -2.07. The van der Waals surface area contributed by atoms with Crippen molar-refractivity contribution < 1.29 is 14.1 Å². The zero-order valence-corrected chi connectivity index (χ0v) is 11.4. The lowest BCUT2D eigenvalue weighted by atomic mass is 10.1. The normalized spacial score (nSPS) is 10.2. The standard InChI is InChI=1S/C14H10ClFN2O3/c15-11-4-2-1-3-9(11)7-14(19)17-13-8-10(18(20)21)5-6-12(13)16/h1-6,8H,7H2,(H,17,19). The Bertz CT molecular complexity index is 706. The zero-order chi connectivity index (χ0) is 15.4. The summed E-state index contributed by atoms with van der Waals surface area (Å²) in [5, 5.41) is 13.4. The van der Waals surface area contributed by atoms with Crippen LogP contribution in [0.5, 0.6) is 0 Å². The first kappa shape index (κ1) is 14.9. The summed E-state index contributed by atoms with van der Waals surface area (Å²) in [5.41, 5.74) is 0.0493. The molecule has 0 aliphatic carbocycles. The summed E-state index contributed by atoms with van der Waals surface area (Å²) in [6, 6.07) is 9.69. The second-order valence-electron chi connectivity index (χ2n) is 4.24. The van der Waals surface area contributed by atoms with Crippen LogP contribution in [0.2, 0.25) is 5.02 Å². The SMILES string of the molecule is O=C(Cc1ccccc1Cl)Nc1cc([N+](=O)[O-])ccc1F. The molecule has 2 aromatic carbocycles. The second-order valence-corrected chi connectivity index (χ2v) is 4.64. The number of anilines is 1. The number of hydrogen-bond acceptors (Lipinski definition) is 3. The largest absolute Gasteiger partial charge is 0.323 e. The van der Waals surface area contributed by atoms with Gasteiger partial charge in [0.2, 0.25) is 5.91 Å². The van der Waals surface area contributed by atoms with Crippen molar-refractivity contribution in [2.45, 2.75) is 6.42 Å². The molecule has 0 atom stereocenters. The number of non-ortho nitro benzene ring substituents is 1. The Balaban J connectivity index is 2.15. The highest BCUT2D eigenvalue weighted by Gasteiger charge is 2.14. The molecule has 0 aliphatic heterocycles. The molecule has 0 radical (unpaired) electrons. The lowest BCUT2D eigenvalue weighted by molar-refractivity contribution is -0.384.